The van der Waals surface area contributed by atoms with Gasteiger partial charge in [-0.1, -0.05) is 29.8 Å². The zero-order valence-corrected chi connectivity index (χ0v) is 21.1. The molecule has 2 N–H and O–H groups in total. The minimum absolute atomic E-state index is 0. The molecule has 0 bridgehead atoms. The molecule has 5 nitrogen and oxygen atoms in total. The van der Waals surface area contributed by atoms with Crippen LogP contribution < -0.4 is 10.6 Å². The van der Waals surface area contributed by atoms with Crippen molar-refractivity contribution in [2.24, 2.45) is 4.99 Å². The number of nitrogens with zero attached hydrogens (tertiary/aromatic N) is 2. The molecule has 0 atom stereocenters. The Morgan fingerprint density at radius 1 is 1.16 bits per heavy atom. The van der Waals surface area contributed by atoms with Gasteiger partial charge in [-0.2, -0.15) is 0 Å². The van der Waals surface area contributed by atoms with Crippen molar-refractivity contribution in [3.63, 3.8) is 0 Å². The molecular formula is C23H31ClFIN4O. The van der Waals surface area contributed by atoms with Crippen LogP contribution in [0.4, 0.5) is 4.39 Å². The van der Waals surface area contributed by atoms with Crippen LogP contribution in [-0.2, 0) is 24.4 Å². The molecule has 1 aliphatic rings. The van der Waals surface area contributed by atoms with Crippen molar-refractivity contribution >= 4 is 41.5 Å². The highest BCUT2D eigenvalue weighted by molar-refractivity contribution is 14.0. The van der Waals surface area contributed by atoms with Gasteiger partial charge >= 0.3 is 0 Å². The summed E-state index contributed by atoms with van der Waals surface area (Å²) in [5.74, 6) is 0.525. The average Bonchev–Trinajstić information content (AvgIpc) is 2.76. The van der Waals surface area contributed by atoms with Gasteiger partial charge in [0.2, 0.25) is 0 Å². The molecule has 170 valence electrons. The summed E-state index contributed by atoms with van der Waals surface area (Å²) in [4.78, 5) is 6.80. The van der Waals surface area contributed by atoms with Crippen molar-refractivity contribution in [3.05, 3.63) is 70.0 Å². The first-order chi connectivity index (χ1) is 14.6. The first-order valence-electron chi connectivity index (χ1n) is 10.3. The minimum atomic E-state index is -0.242. The monoisotopic (exact) mass is 560 g/mol. The molecule has 0 unspecified atom stereocenters. The molecule has 3 rings (SSSR count). The number of hydrogen-bond donors (Lipinski definition) is 2. The Kier molecular flexibility index (Phi) is 11.0. The molecule has 0 radical (unpaired) electrons. The van der Waals surface area contributed by atoms with Crippen LogP contribution in [0.15, 0.2) is 47.5 Å². The van der Waals surface area contributed by atoms with E-state index in [-0.39, 0.29) is 36.4 Å². The van der Waals surface area contributed by atoms with Crippen LogP contribution in [0.3, 0.4) is 0 Å². The second-order valence-electron chi connectivity index (χ2n) is 7.61. The Labute approximate surface area is 206 Å². The molecule has 1 aliphatic heterocycles. The molecule has 1 fully saturated rings. The Morgan fingerprint density at radius 2 is 1.84 bits per heavy atom. The van der Waals surface area contributed by atoms with Crippen LogP contribution in [0.25, 0.3) is 0 Å². The van der Waals surface area contributed by atoms with Gasteiger partial charge in [-0.15, -0.1) is 24.0 Å². The number of guanidine groups is 1. The molecule has 2 aromatic carbocycles. The fraction of sp³-hybridized carbons (Fsp3) is 0.435. The average molecular weight is 561 g/mol. The molecule has 0 saturated carbocycles. The maximum absolute atomic E-state index is 13.8. The zero-order chi connectivity index (χ0) is 21.3. The summed E-state index contributed by atoms with van der Waals surface area (Å²) < 4.78 is 18.8. The van der Waals surface area contributed by atoms with Crippen molar-refractivity contribution < 1.29 is 9.13 Å². The van der Waals surface area contributed by atoms with Crippen molar-refractivity contribution in [3.8, 4) is 0 Å². The molecule has 0 aliphatic carbocycles. The van der Waals surface area contributed by atoms with E-state index in [9.17, 15) is 4.39 Å². The number of nitrogens with one attached hydrogen (secondary N) is 2. The molecule has 0 amide bonds. The van der Waals surface area contributed by atoms with Gasteiger partial charge in [-0.3, -0.25) is 9.89 Å². The highest BCUT2D eigenvalue weighted by atomic mass is 127. The fourth-order valence-electron chi connectivity index (χ4n) is 3.66. The van der Waals surface area contributed by atoms with Crippen LogP contribution in [0.5, 0.6) is 0 Å². The predicted octanol–water partition coefficient (Wildman–Crippen LogP) is 4.57. The zero-order valence-electron chi connectivity index (χ0n) is 18.0. The number of rotatable bonds is 7. The number of aliphatic imine (C=N–C) groups is 1. The van der Waals surface area contributed by atoms with Gasteiger partial charge in [0.15, 0.2) is 5.96 Å². The van der Waals surface area contributed by atoms with Gasteiger partial charge in [0.05, 0.1) is 6.61 Å². The maximum Gasteiger partial charge on any atom is 0.191 e. The lowest BCUT2D eigenvalue weighted by Gasteiger charge is -2.33. The Hall–Kier alpha value is -1.42. The largest absolute Gasteiger partial charge is 0.380 e. The summed E-state index contributed by atoms with van der Waals surface area (Å²) in [6.45, 7) is 3.86. The number of benzene rings is 2. The number of likely N-dealkylation sites (tertiary alicyclic amines) is 1. The van der Waals surface area contributed by atoms with Crippen LogP contribution in [0, 0.1) is 5.82 Å². The van der Waals surface area contributed by atoms with E-state index in [2.05, 4.69) is 32.7 Å². The lowest BCUT2D eigenvalue weighted by molar-refractivity contribution is 0.181. The van der Waals surface area contributed by atoms with Crippen LogP contribution in [0.1, 0.15) is 29.5 Å². The number of hydrogen-bond acceptors (Lipinski definition) is 3. The molecule has 8 heteroatoms. The number of halogens is 3. The number of ether oxygens (including phenoxy) is 1. The number of piperidine rings is 1. The third kappa shape index (κ3) is 8.21. The highest BCUT2D eigenvalue weighted by Crippen LogP contribution is 2.16. The van der Waals surface area contributed by atoms with Gasteiger partial charge in [-0.05, 0) is 48.2 Å². The van der Waals surface area contributed by atoms with E-state index in [0.29, 0.717) is 18.2 Å². The molecule has 31 heavy (non-hydrogen) atoms. The summed E-state index contributed by atoms with van der Waals surface area (Å²) in [7, 11) is 3.34. The van der Waals surface area contributed by atoms with E-state index in [1.54, 1.807) is 20.2 Å². The first kappa shape index (κ1) is 25.8. The Balaban J connectivity index is 0.00000341. The maximum atomic E-state index is 13.8. The Morgan fingerprint density at radius 3 is 2.48 bits per heavy atom. The third-order valence-corrected chi connectivity index (χ3v) is 5.59. The van der Waals surface area contributed by atoms with Crippen molar-refractivity contribution in [1.82, 2.24) is 15.5 Å². The SMILES string of the molecule is CN=C(NCc1ccc(F)c(COC)c1)NC1CCN(Cc2ccc(Cl)cc2)CC1.I. The quantitative estimate of drug-likeness (QED) is 0.296. The van der Waals surface area contributed by atoms with Gasteiger partial charge in [-0.25, -0.2) is 4.39 Å². The smallest absolute Gasteiger partial charge is 0.191 e. The fourth-order valence-corrected chi connectivity index (χ4v) is 3.79. The second kappa shape index (κ2) is 13.2. The lowest BCUT2D eigenvalue weighted by Crippen LogP contribution is -2.48. The minimum Gasteiger partial charge on any atom is -0.380 e. The van der Waals surface area contributed by atoms with Crippen molar-refractivity contribution in [2.75, 3.05) is 27.2 Å². The van der Waals surface area contributed by atoms with Crippen molar-refractivity contribution in [2.45, 2.75) is 38.6 Å². The standard InChI is InChI=1S/C23H30ClFN4O.HI/c1-26-23(27-14-18-5-8-22(25)19(13-18)16-30-2)28-21-9-11-29(12-10-21)15-17-3-6-20(24)7-4-17;/h3-8,13,21H,9-12,14-16H2,1-2H3,(H2,26,27,28);1H. The normalized spacial score (nSPS) is 15.4. The summed E-state index contributed by atoms with van der Waals surface area (Å²) in [6.07, 6.45) is 2.12. The Bertz CT molecular complexity index is 842. The topological polar surface area (TPSA) is 48.9 Å². The third-order valence-electron chi connectivity index (χ3n) is 5.34. The summed E-state index contributed by atoms with van der Waals surface area (Å²) in [5, 5.41) is 7.62. The molecule has 0 spiro atoms. The molecule has 1 heterocycles. The molecule has 1 saturated heterocycles. The summed E-state index contributed by atoms with van der Waals surface area (Å²) in [5.41, 5.74) is 2.84. The van der Waals surface area contributed by atoms with E-state index in [1.807, 2.05) is 18.2 Å². The van der Waals surface area contributed by atoms with E-state index < -0.39 is 0 Å². The lowest BCUT2D eigenvalue weighted by atomic mass is 10.0. The molecule has 0 aromatic heterocycles. The molecular weight excluding hydrogens is 530 g/mol. The van der Waals surface area contributed by atoms with E-state index in [4.69, 9.17) is 16.3 Å². The highest BCUT2D eigenvalue weighted by Gasteiger charge is 2.20. The van der Waals surface area contributed by atoms with Crippen LogP contribution in [0.2, 0.25) is 5.02 Å². The summed E-state index contributed by atoms with van der Waals surface area (Å²) in [6, 6.07) is 13.5. The van der Waals surface area contributed by atoms with Crippen LogP contribution in [-0.4, -0.2) is 44.1 Å². The molecule has 2 aromatic rings. The van der Waals surface area contributed by atoms with E-state index in [0.717, 1.165) is 49.0 Å². The van der Waals surface area contributed by atoms with Gasteiger partial charge in [0.1, 0.15) is 5.82 Å². The summed E-state index contributed by atoms with van der Waals surface area (Å²) >= 11 is 5.97. The number of methoxy groups -OCH3 is 1. The van der Waals surface area contributed by atoms with Crippen LogP contribution >= 0.6 is 35.6 Å². The van der Waals surface area contributed by atoms with E-state index >= 15 is 0 Å². The van der Waals surface area contributed by atoms with Gasteiger partial charge in [0, 0.05) is 57.0 Å². The first-order valence-corrected chi connectivity index (χ1v) is 10.7. The van der Waals surface area contributed by atoms with E-state index in [1.165, 1.54) is 11.6 Å². The van der Waals surface area contributed by atoms with Gasteiger partial charge in [0.25, 0.3) is 0 Å². The van der Waals surface area contributed by atoms with Crippen molar-refractivity contribution in [1.29, 1.82) is 0 Å². The van der Waals surface area contributed by atoms with Gasteiger partial charge < -0.3 is 15.4 Å². The predicted molar refractivity (Wildman–Crippen MR) is 136 cm³/mol. The second-order valence-corrected chi connectivity index (χ2v) is 8.04.